The van der Waals surface area contributed by atoms with Gasteiger partial charge in [-0.05, 0) is 31.2 Å². The predicted molar refractivity (Wildman–Crippen MR) is 77.4 cm³/mol. The lowest BCUT2D eigenvalue weighted by atomic mass is 10.1. The molecule has 0 unspecified atom stereocenters. The molecule has 3 rings (SSSR count). The summed E-state index contributed by atoms with van der Waals surface area (Å²) in [6.45, 7) is 1.94. The highest BCUT2D eigenvalue weighted by atomic mass is 32.2. The fourth-order valence-corrected chi connectivity index (χ4v) is 3.05. The van der Waals surface area contributed by atoms with E-state index in [9.17, 15) is 8.42 Å². The maximum atomic E-state index is 12.4. The van der Waals surface area contributed by atoms with E-state index in [1.165, 1.54) is 12.1 Å². The molecule has 2 aromatic carbocycles. The number of sulfone groups is 1. The highest BCUT2D eigenvalue weighted by Crippen LogP contribution is 2.24. The maximum absolute atomic E-state index is 12.4. The van der Waals surface area contributed by atoms with E-state index in [2.05, 4.69) is 11.2 Å². The number of aryl methyl sites for hydroxylation is 1. The second kappa shape index (κ2) is 5.18. The van der Waals surface area contributed by atoms with Crippen molar-refractivity contribution in [1.29, 1.82) is 0 Å². The van der Waals surface area contributed by atoms with Crippen LogP contribution in [0.1, 0.15) is 5.56 Å². The van der Waals surface area contributed by atoms with Crippen LogP contribution >= 0.6 is 0 Å². The van der Waals surface area contributed by atoms with E-state index in [1.807, 2.05) is 31.2 Å². The van der Waals surface area contributed by atoms with Crippen LogP contribution in [0.25, 0.3) is 11.5 Å². The van der Waals surface area contributed by atoms with Crippen LogP contribution < -0.4 is 0 Å². The maximum Gasteiger partial charge on any atom is 0.228 e. The summed E-state index contributed by atoms with van der Waals surface area (Å²) in [5, 5.41) is -0.204. The van der Waals surface area contributed by atoms with Gasteiger partial charge < -0.3 is 4.42 Å². The Morgan fingerprint density at radius 3 is 2.52 bits per heavy atom. The molecule has 0 aliphatic rings. The molecule has 1 radical (unpaired) electrons. The molecule has 0 amide bonds. The fraction of sp³-hybridized carbons (Fsp3) is 0.0625. The summed E-state index contributed by atoms with van der Waals surface area (Å²) >= 11 is 0. The highest BCUT2D eigenvalue weighted by molar-refractivity contribution is 7.91. The van der Waals surface area contributed by atoms with E-state index in [4.69, 9.17) is 4.42 Å². The molecule has 0 saturated carbocycles. The molecule has 0 N–H and O–H groups in total. The van der Waals surface area contributed by atoms with Crippen molar-refractivity contribution in [1.82, 2.24) is 4.98 Å². The van der Waals surface area contributed by atoms with Gasteiger partial charge in [-0.1, -0.05) is 35.9 Å². The van der Waals surface area contributed by atoms with E-state index >= 15 is 0 Å². The van der Waals surface area contributed by atoms with Gasteiger partial charge >= 0.3 is 0 Å². The van der Waals surface area contributed by atoms with Crippen LogP contribution in [0.5, 0.6) is 0 Å². The van der Waals surface area contributed by atoms with Gasteiger partial charge in [0, 0.05) is 5.56 Å². The lowest BCUT2D eigenvalue weighted by molar-refractivity contribution is 0.557. The average molecular weight is 298 g/mol. The first-order valence-corrected chi connectivity index (χ1v) is 7.81. The zero-order valence-electron chi connectivity index (χ0n) is 11.3. The van der Waals surface area contributed by atoms with E-state index in [0.29, 0.717) is 0 Å². The summed E-state index contributed by atoms with van der Waals surface area (Å²) in [7, 11) is -3.70. The Morgan fingerprint density at radius 1 is 1.05 bits per heavy atom. The van der Waals surface area contributed by atoms with Crippen molar-refractivity contribution < 1.29 is 12.8 Å². The number of rotatable bonds is 3. The van der Waals surface area contributed by atoms with Crippen LogP contribution in [0.2, 0.25) is 0 Å². The van der Waals surface area contributed by atoms with Gasteiger partial charge in [0.1, 0.15) is 0 Å². The normalized spacial score (nSPS) is 11.5. The summed E-state index contributed by atoms with van der Waals surface area (Å²) < 4.78 is 30.0. The first kappa shape index (κ1) is 13.6. The lowest BCUT2D eigenvalue weighted by Crippen LogP contribution is -2.02. The van der Waals surface area contributed by atoms with Crippen LogP contribution in [-0.4, -0.2) is 13.4 Å². The molecule has 1 aromatic heterocycles. The summed E-state index contributed by atoms with van der Waals surface area (Å²) in [4.78, 5) is 4.23. The molecule has 0 atom stereocenters. The zero-order chi connectivity index (χ0) is 14.9. The molecule has 0 aliphatic carbocycles. The molecule has 3 aromatic rings. The minimum atomic E-state index is -3.70. The predicted octanol–water partition coefficient (Wildman–Crippen LogP) is 3.28. The van der Waals surface area contributed by atoms with Gasteiger partial charge in [-0.2, -0.15) is 4.98 Å². The molecular formula is C16H12NO3S. The molecule has 0 bridgehead atoms. The molecule has 0 saturated heterocycles. The van der Waals surface area contributed by atoms with E-state index in [1.54, 1.807) is 18.2 Å². The second-order valence-electron chi connectivity index (χ2n) is 4.61. The minimum Gasteiger partial charge on any atom is -0.431 e. The van der Waals surface area contributed by atoms with Crippen LogP contribution in [0.4, 0.5) is 0 Å². The Morgan fingerprint density at radius 2 is 1.81 bits per heavy atom. The van der Waals surface area contributed by atoms with Crippen molar-refractivity contribution in [2.45, 2.75) is 16.8 Å². The Bertz CT molecular complexity index is 867. The smallest absolute Gasteiger partial charge is 0.228 e. The van der Waals surface area contributed by atoms with Crippen LogP contribution in [0, 0.1) is 13.2 Å². The molecule has 0 aliphatic heterocycles. The Kier molecular flexibility index (Phi) is 3.35. The minimum absolute atomic E-state index is 0.172. The van der Waals surface area contributed by atoms with Crippen molar-refractivity contribution in [3.63, 3.8) is 0 Å². The third-order valence-electron chi connectivity index (χ3n) is 3.01. The molecule has 4 nitrogen and oxygen atoms in total. The van der Waals surface area contributed by atoms with Gasteiger partial charge in [-0.15, -0.1) is 0 Å². The monoisotopic (exact) mass is 298 g/mol. The molecule has 5 heteroatoms. The molecule has 1 heterocycles. The third-order valence-corrected chi connectivity index (χ3v) is 4.59. The van der Waals surface area contributed by atoms with Crippen LogP contribution in [-0.2, 0) is 9.84 Å². The number of oxazole rings is 1. The average Bonchev–Trinajstić information content (AvgIpc) is 2.99. The Hall–Kier alpha value is -2.40. The van der Waals surface area contributed by atoms with E-state index < -0.39 is 9.84 Å². The molecular weight excluding hydrogens is 286 g/mol. The lowest BCUT2D eigenvalue weighted by Gasteiger charge is -1.99. The van der Waals surface area contributed by atoms with Gasteiger partial charge in [0.25, 0.3) is 0 Å². The summed E-state index contributed by atoms with van der Waals surface area (Å²) in [6, 6.07) is 15.6. The van der Waals surface area contributed by atoms with Gasteiger partial charge in [-0.3, -0.25) is 0 Å². The zero-order valence-corrected chi connectivity index (χ0v) is 12.1. The van der Waals surface area contributed by atoms with E-state index in [0.717, 1.165) is 11.1 Å². The van der Waals surface area contributed by atoms with Gasteiger partial charge in [0.15, 0.2) is 0 Å². The van der Waals surface area contributed by atoms with Gasteiger partial charge in [0.05, 0.1) is 4.90 Å². The molecule has 0 fully saturated rings. The Balaban J connectivity index is 2.03. The Labute approximate surface area is 123 Å². The quantitative estimate of drug-likeness (QED) is 0.744. The molecule has 0 spiro atoms. The number of aromatic nitrogens is 1. The summed E-state index contributed by atoms with van der Waals surface area (Å²) in [6.07, 6.45) is 2.39. The first-order chi connectivity index (χ1) is 10.1. The van der Waals surface area contributed by atoms with Crippen molar-refractivity contribution >= 4 is 9.84 Å². The fourth-order valence-electron chi connectivity index (χ4n) is 1.96. The molecule has 21 heavy (non-hydrogen) atoms. The van der Waals surface area contributed by atoms with Gasteiger partial charge in [-0.25, -0.2) is 8.42 Å². The molecule has 105 valence electrons. The number of benzene rings is 2. The third kappa shape index (κ3) is 2.60. The largest absolute Gasteiger partial charge is 0.431 e. The number of hydrogen-bond acceptors (Lipinski definition) is 4. The number of hydrogen-bond donors (Lipinski definition) is 0. The summed E-state index contributed by atoms with van der Waals surface area (Å²) in [5.74, 6) is 0.244. The number of nitrogens with zero attached hydrogens (tertiary/aromatic N) is 1. The van der Waals surface area contributed by atoms with Crippen LogP contribution in [0.3, 0.4) is 0 Å². The van der Waals surface area contributed by atoms with Crippen molar-refractivity contribution in [2.75, 3.05) is 0 Å². The van der Waals surface area contributed by atoms with Crippen LogP contribution in [0.15, 0.2) is 68.9 Å². The SMILES string of the molecule is Cc1cccc(-c2nc(S(=O)(=O)c3ccccc3)[c]o2)c1. The van der Waals surface area contributed by atoms with Crippen molar-refractivity contribution in [2.24, 2.45) is 0 Å². The van der Waals surface area contributed by atoms with Crippen molar-refractivity contribution in [3.05, 3.63) is 66.4 Å². The van der Waals surface area contributed by atoms with E-state index in [-0.39, 0.29) is 15.8 Å². The van der Waals surface area contributed by atoms with Crippen molar-refractivity contribution in [3.8, 4) is 11.5 Å². The van der Waals surface area contributed by atoms with Gasteiger partial charge in [0.2, 0.25) is 27.0 Å². The second-order valence-corrected chi connectivity index (χ2v) is 6.48. The topological polar surface area (TPSA) is 60.2 Å². The highest BCUT2D eigenvalue weighted by Gasteiger charge is 2.23. The summed E-state index contributed by atoms with van der Waals surface area (Å²) in [5.41, 5.74) is 1.76. The first-order valence-electron chi connectivity index (χ1n) is 6.33. The standard InChI is InChI=1S/C16H12NO3S/c1-12-6-5-7-13(10-12)16-17-15(11-20-16)21(18,19)14-8-3-2-4-9-14/h2-10H,1H3.